The first kappa shape index (κ1) is 36.7. The van der Waals surface area contributed by atoms with Crippen molar-refractivity contribution in [3.63, 3.8) is 0 Å². The van der Waals surface area contributed by atoms with E-state index in [0.717, 1.165) is 52.1 Å². The van der Waals surface area contributed by atoms with E-state index in [1.165, 1.54) is 18.2 Å². The summed E-state index contributed by atoms with van der Waals surface area (Å²) in [5, 5.41) is 11.4. The van der Waals surface area contributed by atoms with E-state index in [2.05, 4.69) is 58.8 Å². The van der Waals surface area contributed by atoms with Crippen molar-refractivity contribution in [1.82, 2.24) is 20.4 Å². The molecule has 0 aliphatic heterocycles. The Labute approximate surface area is 278 Å². The highest BCUT2D eigenvalue weighted by Gasteiger charge is 2.15. The summed E-state index contributed by atoms with van der Waals surface area (Å²) in [6, 6.07) is 17.6. The van der Waals surface area contributed by atoms with Crippen LogP contribution in [0.3, 0.4) is 0 Å². The second-order valence-corrected chi connectivity index (χ2v) is 11.2. The molecule has 0 unspecified atom stereocenters. The highest BCUT2D eigenvalue weighted by molar-refractivity contribution is 6.10. The molecule has 0 spiro atoms. The molecule has 6 N–H and O–H groups in total. The minimum atomic E-state index is -0.451. The summed E-state index contributed by atoms with van der Waals surface area (Å²) in [6.07, 6.45) is 1.73. The second kappa shape index (κ2) is 19.0. The number of hydrogen-bond acceptors (Lipinski definition) is 7. The van der Waals surface area contributed by atoms with Crippen molar-refractivity contribution in [2.24, 2.45) is 0 Å². The Morgan fingerprint density at radius 3 is 1.23 bits per heavy atom. The molecule has 11 nitrogen and oxygen atoms in total. The van der Waals surface area contributed by atoms with Gasteiger partial charge in [-0.3, -0.25) is 19.2 Å². The number of benzene rings is 3. The first-order chi connectivity index (χ1) is 22.7. The van der Waals surface area contributed by atoms with Gasteiger partial charge in [-0.1, -0.05) is 27.7 Å². The van der Waals surface area contributed by atoms with Gasteiger partial charge in [0.1, 0.15) is 0 Å². The van der Waals surface area contributed by atoms with E-state index >= 15 is 0 Å². The summed E-state index contributed by atoms with van der Waals surface area (Å²) in [5.41, 5.74) is 8.68. The van der Waals surface area contributed by atoms with Crippen LogP contribution >= 0.6 is 0 Å². The third-order valence-corrected chi connectivity index (χ3v) is 7.95. The summed E-state index contributed by atoms with van der Waals surface area (Å²) in [7, 11) is 0. The lowest BCUT2D eigenvalue weighted by Gasteiger charge is -2.17. The predicted molar refractivity (Wildman–Crippen MR) is 189 cm³/mol. The molecule has 0 aliphatic carbocycles. The number of hydrogen-bond donors (Lipinski definition) is 5. The minimum absolute atomic E-state index is 0.173. The maximum Gasteiger partial charge on any atom is 0.255 e. The van der Waals surface area contributed by atoms with Crippen LogP contribution < -0.4 is 27.0 Å². The second-order valence-electron chi connectivity index (χ2n) is 11.2. The highest BCUT2D eigenvalue weighted by atomic mass is 16.2. The lowest BCUT2D eigenvalue weighted by Crippen LogP contribution is -2.29. The number of rotatable bonds is 18. The molecule has 0 fully saturated rings. The zero-order valence-corrected chi connectivity index (χ0v) is 28.0. The third-order valence-electron chi connectivity index (χ3n) is 7.95. The van der Waals surface area contributed by atoms with Gasteiger partial charge in [0, 0.05) is 52.4 Å². The Balaban J connectivity index is 1.52. The van der Waals surface area contributed by atoms with E-state index < -0.39 is 11.8 Å². The summed E-state index contributed by atoms with van der Waals surface area (Å²) in [6.45, 7) is 15.4. The topological polar surface area (TPSA) is 149 Å². The lowest BCUT2D eigenvalue weighted by molar-refractivity contribution is 0.0943. The Morgan fingerprint density at radius 1 is 0.532 bits per heavy atom. The summed E-state index contributed by atoms with van der Waals surface area (Å²) >= 11 is 0. The van der Waals surface area contributed by atoms with Crippen molar-refractivity contribution in [3.8, 4) is 0 Å². The fourth-order valence-electron chi connectivity index (χ4n) is 5.02. The molecule has 0 atom stereocenters. The molecule has 0 aliphatic rings. The van der Waals surface area contributed by atoms with Gasteiger partial charge in [0.25, 0.3) is 23.6 Å². The Hall–Kier alpha value is -4.74. The maximum atomic E-state index is 13.0. The van der Waals surface area contributed by atoms with Gasteiger partial charge in [-0.2, -0.15) is 0 Å². The molecular formula is C36H49N7O4. The highest BCUT2D eigenvalue weighted by Crippen LogP contribution is 2.18. The standard InChI is InChI=1S/C36H49N7O4/c1-5-42(6-2)21-9-19-38-33(44)26-11-15-31(16-12-26)40-35(46)28-23-29(25-30(37)24-28)36(47)41-32-17-13-27(14-18-32)34(45)39-20-10-22-43(7-3)8-4/h11-18,23-25H,5-10,19-22,37H2,1-4H3,(H,38,44)(H,39,45)(H,40,46)(H,41,47). The van der Waals surface area contributed by atoms with E-state index in [1.807, 2.05) is 0 Å². The molecule has 252 valence electrons. The molecule has 4 amide bonds. The van der Waals surface area contributed by atoms with Gasteiger partial charge in [-0.05, 0) is 119 Å². The molecule has 0 saturated heterocycles. The Kier molecular flexibility index (Phi) is 14.9. The molecule has 3 rings (SSSR count). The van der Waals surface area contributed by atoms with E-state index in [9.17, 15) is 19.2 Å². The van der Waals surface area contributed by atoms with Crippen LogP contribution in [0.25, 0.3) is 0 Å². The molecule has 0 saturated carbocycles. The van der Waals surface area contributed by atoms with E-state index in [-0.39, 0.29) is 28.6 Å². The van der Waals surface area contributed by atoms with Crippen LogP contribution in [-0.2, 0) is 0 Å². The number of nitrogens with one attached hydrogen (secondary N) is 4. The molecule has 0 heterocycles. The van der Waals surface area contributed by atoms with E-state index in [1.54, 1.807) is 48.5 Å². The molecule has 3 aromatic rings. The van der Waals surface area contributed by atoms with Gasteiger partial charge in [0.05, 0.1) is 0 Å². The molecule has 47 heavy (non-hydrogen) atoms. The van der Waals surface area contributed by atoms with Crippen LogP contribution in [0.4, 0.5) is 17.1 Å². The molecule has 11 heteroatoms. The Morgan fingerprint density at radius 2 is 0.894 bits per heavy atom. The van der Waals surface area contributed by atoms with Crippen molar-refractivity contribution in [2.75, 3.05) is 68.7 Å². The zero-order chi connectivity index (χ0) is 34.2. The number of nitrogens with two attached hydrogens (primary N) is 1. The van der Waals surface area contributed by atoms with Crippen LogP contribution in [0.2, 0.25) is 0 Å². The van der Waals surface area contributed by atoms with Gasteiger partial charge < -0.3 is 36.8 Å². The van der Waals surface area contributed by atoms with Crippen LogP contribution in [0.5, 0.6) is 0 Å². The smallest absolute Gasteiger partial charge is 0.255 e. The quantitative estimate of drug-likeness (QED) is 0.0997. The summed E-state index contributed by atoms with van der Waals surface area (Å²) in [4.78, 5) is 55.7. The number of anilines is 3. The minimum Gasteiger partial charge on any atom is -0.399 e. The van der Waals surface area contributed by atoms with Crippen molar-refractivity contribution in [3.05, 3.63) is 89.0 Å². The van der Waals surface area contributed by atoms with Crippen molar-refractivity contribution < 1.29 is 19.2 Å². The van der Waals surface area contributed by atoms with Gasteiger partial charge >= 0.3 is 0 Å². The monoisotopic (exact) mass is 643 g/mol. The third kappa shape index (κ3) is 11.8. The van der Waals surface area contributed by atoms with Crippen molar-refractivity contribution in [2.45, 2.75) is 40.5 Å². The van der Waals surface area contributed by atoms with Crippen molar-refractivity contribution in [1.29, 1.82) is 0 Å². The normalized spacial score (nSPS) is 10.9. The van der Waals surface area contributed by atoms with Crippen LogP contribution in [0, 0.1) is 0 Å². The fourth-order valence-corrected chi connectivity index (χ4v) is 5.02. The molecule has 0 radical (unpaired) electrons. The van der Waals surface area contributed by atoms with Gasteiger partial charge in [-0.25, -0.2) is 0 Å². The van der Waals surface area contributed by atoms with Crippen molar-refractivity contribution >= 4 is 40.7 Å². The van der Waals surface area contributed by atoms with E-state index in [0.29, 0.717) is 35.6 Å². The number of carbonyl (C=O) groups is 4. The first-order valence-corrected chi connectivity index (χ1v) is 16.4. The number of amides is 4. The molecule has 0 aromatic heterocycles. The molecule has 0 bridgehead atoms. The number of carbonyl (C=O) groups excluding carboxylic acids is 4. The van der Waals surface area contributed by atoms with Crippen LogP contribution in [0.15, 0.2) is 66.7 Å². The fraction of sp³-hybridized carbons (Fsp3) is 0.389. The zero-order valence-electron chi connectivity index (χ0n) is 28.0. The lowest BCUT2D eigenvalue weighted by atomic mass is 10.1. The van der Waals surface area contributed by atoms with Crippen LogP contribution in [0.1, 0.15) is 82.0 Å². The average molecular weight is 644 g/mol. The van der Waals surface area contributed by atoms with Gasteiger partial charge in [-0.15, -0.1) is 0 Å². The van der Waals surface area contributed by atoms with Crippen LogP contribution in [-0.4, -0.2) is 85.8 Å². The first-order valence-electron chi connectivity index (χ1n) is 16.4. The largest absolute Gasteiger partial charge is 0.399 e. The summed E-state index contributed by atoms with van der Waals surface area (Å²) in [5.74, 6) is -1.25. The molecule has 3 aromatic carbocycles. The predicted octanol–water partition coefficient (Wildman–Crippen LogP) is 4.70. The molecular weight excluding hydrogens is 594 g/mol. The Bertz CT molecular complexity index is 1360. The number of nitrogen functional groups attached to an aromatic ring is 1. The van der Waals surface area contributed by atoms with Gasteiger partial charge in [0.15, 0.2) is 0 Å². The van der Waals surface area contributed by atoms with E-state index in [4.69, 9.17) is 5.73 Å². The van der Waals surface area contributed by atoms with Gasteiger partial charge in [0.2, 0.25) is 0 Å². The number of nitrogens with zero attached hydrogens (tertiary/aromatic N) is 2. The maximum absolute atomic E-state index is 13.0. The SMILES string of the molecule is CCN(CC)CCCNC(=O)c1ccc(NC(=O)c2cc(N)cc(C(=O)Nc3ccc(C(=O)NCCCN(CC)CC)cc3)c2)cc1. The summed E-state index contributed by atoms with van der Waals surface area (Å²) < 4.78 is 0. The average Bonchev–Trinajstić information content (AvgIpc) is 3.08.